The van der Waals surface area contributed by atoms with Gasteiger partial charge in [-0.25, -0.2) is 9.18 Å². The van der Waals surface area contributed by atoms with Crippen molar-refractivity contribution < 1.29 is 9.18 Å². The standard InChI is InChI=1S/C19H13Cl2FN4O/c20-16-9-15(5-6-17(16)22)26-18(27)25-14-3-1-12(2-4-14)19(21)7-8-24-11-13(19)10-23/h1-9,11,24H,(H2,25,26,27). The maximum atomic E-state index is 13.2. The van der Waals surface area contributed by atoms with Gasteiger partial charge in [0.15, 0.2) is 0 Å². The van der Waals surface area contributed by atoms with Crippen molar-refractivity contribution in [2.45, 2.75) is 4.87 Å². The van der Waals surface area contributed by atoms with Crippen molar-refractivity contribution in [1.82, 2.24) is 5.32 Å². The molecule has 1 aliphatic heterocycles. The summed E-state index contributed by atoms with van der Waals surface area (Å²) in [5.41, 5.74) is 1.92. The van der Waals surface area contributed by atoms with Crippen LogP contribution < -0.4 is 16.0 Å². The van der Waals surface area contributed by atoms with Crippen molar-refractivity contribution in [3.8, 4) is 6.07 Å². The molecular weight excluding hydrogens is 390 g/mol. The van der Waals surface area contributed by atoms with Gasteiger partial charge in [-0.15, -0.1) is 11.6 Å². The van der Waals surface area contributed by atoms with Gasteiger partial charge in [-0.1, -0.05) is 23.7 Å². The first-order chi connectivity index (χ1) is 12.9. The second-order valence-electron chi connectivity index (χ2n) is 5.67. The molecule has 0 spiro atoms. The van der Waals surface area contributed by atoms with Crippen LogP contribution in [0.3, 0.4) is 0 Å². The molecule has 0 aliphatic carbocycles. The topological polar surface area (TPSA) is 77.0 Å². The first kappa shape index (κ1) is 18.8. The highest BCUT2D eigenvalue weighted by Crippen LogP contribution is 2.39. The normalized spacial score (nSPS) is 18.1. The van der Waals surface area contributed by atoms with E-state index < -0.39 is 16.7 Å². The molecule has 2 aromatic rings. The predicted molar refractivity (Wildman–Crippen MR) is 104 cm³/mol. The quantitative estimate of drug-likeness (QED) is 0.626. The summed E-state index contributed by atoms with van der Waals surface area (Å²) in [5, 5.41) is 17.2. The number of hydrogen-bond acceptors (Lipinski definition) is 3. The number of nitriles is 1. The van der Waals surface area contributed by atoms with Gasteiger partial charge in [-0.3, -0.25) is 0 Å². The number of benzene rings is 2. The lowest BCUT2D eigenvalue weighted by atomic mass is 9.90. The summed E-state index contributed by atoms with van der Waals surface area (Å²) in [6.45, 7) is 0. The number of hydrogen-bond donors (Lipinski definition) is 3. The van der Waals surface area contributed by atoms with E-state index in [0.29, 0.717) is 22.5 Å². The Balaban J connectivity index is 1.70. The Bertz CT molecular complexity index is 982. The van der Waals surface area contributed by atoms with Crippen molar-refractivity contribution in [3.63, 3.8) is 0 Å². The minimum Gasteiger partial charge on any atom is -0.367 e. The fourth-order valence-corrected chi connectivity index (χ4v) is 2.98. The van der Waals surface area contributed by atoms with E-state index in [1.165, 1.54) is 18.2 Å². The van der Waals surface area contributed by atoms with Crippen LogP contribution in [0.4, 0.5) is 20.6 Å². The number of rotatable bonds is 3. The summed E-state index contributed by atoms with van der Waals surface area (Å²) >= 11 is 12.3. The van der Waals surface area contributed by atoms with Gasteiger partial charge in [-0.2, -0.15) is 5.26 Å². The van der Waals surface area contributed by atoms with Crippen LogP contribution in [-0.2, 0) is 4.87 Å². The van der Waals surface area contributed by atoms with Gasteiger partial charge < -0.3 is 16.0 Å². The van der Waals surface area contributed by atoms with E-state index in [4.69, 9.17) is 23.2 Å². The average Bonchev–Trinajstić information content (AvgIpc) is 2.65. The Morgan fingerprint density at radius 2 is 1.81 bits per heavy atom. The number of carbonyl (C=O) groups is 1. The molecular formula is C19H13Cl2FN4O. The lowest BCUT2D eigenvalue weighted by Crippen LogP contribution is -2.24. The van der Waals surface area contributed by atoms with Gasteiger partial charge in [0.1, 0.15) is 10.7 Å². The van der Waals surface area contributed by atoms with Gasteiger partial charge in [0, 0.05) is 17.6 Å². The molecule has 0 saturated heterocycles. The molecule has 1 heterocycles. The van der Waals surface area contributed by atoms with Crippen molar-refractivity contribution in [2.24, 2.45) is 0 Å². The Labute approximate surface area is 165 Å². The van der Waals surface area contributed by atoms with Crippen molar-refractivity contribution in [1.29, 1.82) is 5.26 Å². The Hall–Kier alpha value is -3.01. The van der Waals surface area contributed by atoms with Crippen LogP contribution >= 0.6 is 23.2 Å². The van der Waals surface area contributed by atoms with E-state index in [1.54, 1.807) is 42.7 Å². The summed E-state index contributed by atoms with van der Waals surface area (Å²) in [6, 6.07) is 12.2. The van der Waals surface area contributed by atoms with Gasteiger partial charge >= 0.3 is 6.03 Å². The molecule has 1 unspecified atom stereocenters. The number of alkyl halides is 1. The van der Waals surface area contributed by atoms with Crippen LogP contribution in [0.25, 0.3) is 0 Å². The van der Waals surface area contributed by atoms with Gasteiger partial charge in [0.05, 0.1) is 16.7 Å². The Morgan fingerprint density at radius 1 is 1.15 bits per heavy atom. The second kappa shape index (κ2) is 7.70. The number of urea groups is 1. The fourth-order valence-electron chi connectivity index (χ4n) is 2.52. The zero-order valence-corrected chi connectivity index (χ0v) is 15.3. The smallest absolute Gasteiger partial charge is 0.323 e. The van der Waals surface area contributed by atoms with Gasteiger partial charge in [0.25, 0.3) is 0 Å². The average molecular weight is 403 g/mol. The molecule has 1 atom stereocenters. The third-order valence-corrected chi connectivity index (χ3v) is 4.73. The molecule has 2 aromatic carbocycles. The number of allylic oxidation sites excluding steroid dienone is 2. The molecule has 27 heavy (non-hydrogen) atoms. The monoisotopic (exact) mass is 402 g/mol. The number of anilines is 2. The van der Waals surface area contributed by atoms with Crippen molar-refractivity contribution in [3.05, 3.63) is 82.9 Å². The van der Waals surface area contributed by atoms with Crippen LogP contribution in [0, 0.1) is 17.1 Å². The first-order valence-corrected chi connectivity index (χ1v) is 8.55. The van der Waals surface area contributed by atoms with E-state index in [1.807, 2.05) is 0 Å². The summed E-state index contributed by atoms with van der Waals surface area (Å²) in [4.78, 5) is 11.0. The highest BCUT2D eigenvalue weighted by molar-refractivity contribution is 6.31. The molecule has 8 heteroatoms. The Kier molecular flexibility index (Phi) is 5.36. The lowest BCUT2D eigenvalue weighted by molar-refractivity contribution is 0.262. The number of amides is 2. The summed E-state index contributed by atoms with van der Waals surface area (Å²) in [6.07, 6.45) is 4.88. The molecule has 136 valence electrons. The molecule has 5 nitrogen and oxygen atoms in total. The number of halogens is 3. The summed E-state index contributed by atoms with van der Waals surface area (Å²) in [7, 11) is 0. The second-order valence-corrected chi connectivity index (χ2v) is 6.67. The number of nitrogens with zero attached hydrogens (tertiary/aromatic N) is 1. The maximum Gasteiger partial charge on any atom is 0.323 e. The molecule has 2 amide bonds. The minimum atomic E-state index is -1.06. The lowest BCUT2D eigenvalue weighted by Gasteiger charge is -2.26. The molecule has 0 saturated carbocycles. The van der Waals surface area contributed by atoms with E-state index in [9.17, 15) is 14.4 Å². The Morgan fingerprint density at radius 3 is 2.48 bits per heavy atom. The number of nitrogens with one attached hydrogen (secondary N) is 3. The molecule has 1 aliphatic rings. The van der Waals surface area contributed by atoms with E-state index in [2.05, 4.69) is 22.0 Å². The highest BCUT2D eigenvalue weighted by Gasteiger charge is 2.33. The molecule has 3 rings (SSSR count). The molecule has 0 fully saturated rings. The van der Waals surface area contributed by atoms with Gasteiger partial charge in [-0.05, 0) is 48.2 Å². The zero-order chi connectivity index (χ0) is 19.4. The van der Waals surface area contributed by atoms with Crippen LogP contribution in [0.15, 0.2) is 66.5 Å². The molecule has 0 radical (unpaired) electrons. The van der Waals surface area contributed by atoms with Crippen molar-refractivity contribution >= 4 is 40.6 Å². The summed E-state index contributed by atoms with van der Waals surface area (Å²) in [5.74, 6) is -0.564. The van der Waals surface area contributed by atoms with E-state index in [-0.39, 0.29) is 5.02 Å². The SMILES string of the molecule is N#CC1=CNC=CC1(Cl)c1ccc(NC(=O)Nc2ccc(F)c(Cl)c2)cc1. The largest absolute Gasteiger partial charge is 0.367 e. The third kappa shape index (κ3) is 4.05. The minimum absolute atomic E-state index is 0.0825. The molecule has 0 bridgehead atoms. The molecule has 0 aromatic heterocycles. The highest BCUT2D eigenvalue weighted by atomic mass is 35.5. The predicted octanol–water partition coefficient (Wildman–Crippen LogP) is 5.08. The van der Waals surface area contributed by atoms with Gasteiger partial charge in [0.2, 0.25) is 0 Å². The van der Waals surface area contributed by atoms with Crippen LogP contribution in [0.1, 0.15) is 5.56 Å². The fraction of sp³-hybridized carbons (Fsp3) is 0.0526. The zero-order valence-electron chi connectivity index (χ0n) is 13.8. The van der Waals surface area contributed by atoms with E-state index in [0.717, 1.165) is 0 Å². The molecule has 3 N–H and O–H groups in total. The first-order valence-electron chi connectivity index (χ1n) is 7.79. The van der Waals surface area contributed by atoms with Crippen LogP contribution in [-0.4, -0.2) is 6.03 Å². The maximum absolute atomic E-state index is 13.2. The number of carbonyl (C=O) groups excluding carboxylic acids is 1. The number of dihydropyridines is 1. The van der Waals surface area contributed by atoms with Crippen molar-refractivity contribution in [2.75, 3.05) is 10.6 Å². The van der Waals surface area contributed by atoms with Crippen LogP contribution in [0.2, 0.25) is 5.02 Å². The third-order valence-electron chi connectivity index (χ3n) is 3.89. The summed E-state index contributed by atoms with van der Waals surface area (Å²) < 4.78 is 13.2. The van der Waals surface area contributed by atoms with E-state index >= 15 is 0 Å². The van der Waals surface area contributed by atoms with Crippen LogP contribution in [0.5, 0.6) is 0 Å².